The molecule has 0 spiro atoms. The number of nitrogens with zero attached hydrogens (tertiary/aromatic N) is 3. The first-order chi connectivity index (χ1) is 11.1. The second-order valence-electron chi connectivity index (χ2n) is 6.34. The molecule has 1 aliphatic heterocycles. The summed E-state index contributed by atoms with van der Waals surface area (Å²) in [6, 6.07) is 8.46. The van der Waals surface area contributed by atoms with Crippen LogP contribution < -0.4 is 10.2 Å². The average molecular weight is 314 g/mol. The summed E-state index contributed by atoms with van der Waals surface area (Å²) in [6.45, 7) is 6.93. The number of piperidine rings is 1. The van der Waals surface area contributed by atoms with Crippen molar-refractivity contribution in [2.45, 2.75) is 33.2 Å². The van der Waals surface area contributed by atoms with E-state index in [0.29, 0.717) is 6.54 Å². The maximum absolute atomic E-state index is 12.9. The molecular weight excluding hydrogens is 291 g/mol. The second kappa shape index (κ2) is 6.94. The molecule has 1 aromatic carbocycles. The van der Waals surface area contributed by atoms with E-state index in [1.54, 1.807) is 12.1 Å². The Labute approximate surface area is 136 Å². The maximum atomic E-state index is 12.9. The van der Waals surface area contributed by atoms with Gasteiger partial charge in [0.25, 0.3) is 0 Å². The van der Waals surface area contributed by atoms with Crippen LogP contribution in [-0.2, 0) is 6.54 Å². The monoisotopic (exact) mass is 314 g/mol. The summed E-state index contributed by atoms with van der Waals surface area (Å²) < 4.78 is 12.9. The van der Waals surface area contributed by atoms with Gasteiger partial charge >= 0.3 is 0 Å². The average Bonchev–Trinajstić information content (AvgIpc) is 2.54. The van der Waals surface area contributed by atoms with E-state index in [2.05, 4.69) is 27.1 Å². The fraction of sp³-hybridized carbons (Fsp3) is 0.444. The number of rotatable bonds is 4. The highest BCUT2D eigenvalue weighted by molar-refractivity contribution is 5.44. The lowest BCUT2D eigenvalue weighted by Gasteiger charge is -2.30. The molecule has 1 fully saturated rings. The highest BCUT2D eigenvalue weighted by Gasteiger charge is 2.18. The van der Waals surface area contributed by atoms with Crippen LogP contribution in [0.15, 0.2) is 30.3 Å². The Bertz CT molecular complexity index is 649. The molecule has 0 saturated carbocycles. The SMILES string of the molecule is Cc1cc(NCc2ccc(F)cc2)nc(N2CCC(C)CC2)n1. The van der Waals surface area contributed by atoms with Crippen LogP contribution in [-0.4, -0.2) is 23.1 Å². The Balaban J connectivity index is 1.68. The summed E-state index contributed by atoms with van der Waals surface area (Å²) in [5.74, 6) is 2.19. The van der Waals surface area contributed by atoms with Crippen LogP contribution in [0.4, 0.5) is 16.2 Å². The smallest absolute Gasteiger partial charge is 0.227 e. The minimum absolute atomic E-state index is 0.215. The summed E-state index contributed by atoms with van der Waals surface area (Å²) in [5.41, 5.74) is 1.98. The predicted octanol–water partition coefficient (Wildman–Crippen LogP) is 3.77. The molecule has 23 heavy (non-hydrogen) atoms. The summed E-state index contributed by atoms with van der Waals surface area (Å²) in [6.07, 6.45) is 2.38. The number of hydrogen-bond acceptors (Lipinski definition) is 4. The minimum atomic E-state index is -0.215. The Kier molecular flexibility index (Phi) is 4.74. The third kappa shape index (κ3) is 4.18. The van der Waals surface area contributed by atoms with Gasteiger partial charge in [-0.15, -0.1) is 0 Å². The summed E-state index contributed by atoms with van der Waals surface area (Å²) in [5, 5.41) is 3.31. The number of halogens is 1. The number of nitrogens with one attached hydrogen (secondary N) is 1. The first kappa shape index (κ1) is 15.7. The third-order valence-electron chi connectivity index (χ3n) is 4.30. The Morgan fingerprint density at radius 2 is 1.87 bits per heavy atom. The molecule has 2 aromatic rings. The molecule has 0 aliphatic carbocycles. The molecule has 0 amide bonds. The molecule has 3 rings (SSSR count). The van der Waals surface area contributed by atoms with Gasteiger partial charge in [-0.25, -0.2) is 9.37 Å². The van der Waals surface area contributed by atoms with Gasteiger partial charge in [0.2, 0.25) is 5.95 Å². The molecule has 2 heterocycles. The van der Waals surface area contributed by atoms with Crippen LogP contribution in [0.5, 0.6) is 0 Å². The predicted molar refractivity (Wildman–Crippen MR) is 91.1 cm³/mol. The topological polar surface area (TPSA) is 41.1 Å². The quantitative estimate of drug-likeness (QED) is 0.932. The molecular formula is C18H23FN4. The van der Waals surface area contributed by atoms with Gasteiger partial charge in [0.1, 0.15) is 11.6 Å². The van der Waals surface area contributed by atoms with E-state index < -0.39 is 0 Å². The molecule has 122 valence electrons. The highest BCUT2D eigenvalue weighted by atomic mass is 19.1. The van der Waals surface area contributed by atoms with Crippen molar-refractivity contribution in [2.75, 3.05) is 23.3 Å². The van der Waals surface area contributed by atoms with E-state index in [9.17, 15) is 4.39 Å². The lowest BCUT2D eigenvalue weighted by molar-refractivity contribution is 0.434. The van der Waals surface area contributed by atoms with E-state index in [1.165, 1.54) is 25.0 Å². The summed E-state index contributed by atoms with van der Waals surface area (Å²) >= 11 is 0. The molecule has 1 aliphatic rings. The molecule has 1 aromatic heterocycles. The Morgan fingerprint density at radius 3 is 2.57 bits per heavy atom. The van der Waals surface area contributed by atoms with Gasteiger partial charge < -0.3 is 10.2 Å². The van der Waals surface area contributed by atoms with Crippen molar-refractivity contribution in [3.05, 3.63) is 47.4 Å². The standard InChI is InChI=1S/C18H23FN4/c1-13-7-9-23(10-8-13)18-21-14(2)11-17(22-18)20-12-15-3-5-16(19)6-4-15/h3-6,11,13H,7-10,12H2,1-2H3,(H,20,21,22). The normalized spacial score (nSPS) is 15.7. The van der Waals surface area contributed by atoms with Crippen LogP contribution in [0, 0.1) is 18.7 Å². The van der Waals surface area contributed by atoms with Crippen LogP contribution in [0.2, 0.25) is 0 Å². The van der Waals surface area contributed by atoms with Crippen molar-refractivity contribution in [1.29, 1.82) is 0 Å². The van der Waals surface area contributed by atoms with Gasteiger partial charge in [-0.1, -0.05) is 19.1 Å². The van der Waals surface area contributed by atoms with Gasteiger partial charge in [0, 0.05) is 31.4 Å². The minimum Gasteiger partial charge on any atom is -0.366 e. The van der Waals surface area contributed by atoms with Gasteiger partial charge in [0.15, 0.2) is 0 Å². The van der Waals surface area contributed by atoms with Crippen molar-refractivity contribution in [3.63, 3.8) is 0 Å². The third-order valence-corrected chi connectivity index (χ3v) is 4.30. The molecule has 1 N–H and O–H groups in total. The van der Waals surface area contributed by atoms with E-state index in [0.717, 1.165) is 42.0 Å². The van der Waals surface area contributed by atoms with Crippen LogP contribution in [0.1, 0.15) is 31.0 Å². The molecule has 0 unspecified atom stereocenters. The first-order valence-electron chi connectivity index (χ1n) is 8.19. The molecule has 1 saturated heterocycles. The first-order valence-corrected chi connectivity index (χ1v) is 8.19. The number of anilines is 2. The lowest BCUT2D eigenvalue weighted by atomic mass is 10.00. The van der Waals surface area contributed by atoms with Crippen molar-refractivity contribution in [1.82, 2.24) is 9.97 Å². The fourth-order valence-electron chi connectivity index (χ4n) is 2.79. The number of aryl methyl sites for hydroxylation is 1. The van der Waals surface area contributed by atoms with Gasteiger partial charge in [0.05, 0.1) is 0 Å². The summed E-state index contributed by atoms with van der Waals surface area (Å²) in [7, 11) is 0. The van der Waals surface area contributed by atoms with Gasteiger partial charge in [-0.3, -0.25) is 0 Å². The number of aromatic nitrogens is 2. The molecule has 0 radical (unpaired) electrons. The molecule has 5 heteroatoms. The lowest BCUT2D eigenvalue weighted by Crippen LogP contribution is -2.34. The number of benzene rings is 1. The maximum Gasteiger partial charge on any atom is 0.227 e. The van der Waals surface area contributed by atoms with Gasteiger partial charge in [-0.05, 0) is 43.4 Å². The van der Waals surface area contributed by atoms with Crippen molar-refractivity contribution >= 4 is 11.8 Å². The van der Waals surface area contributed by atoms with E-state index in [4.69, 9.17) is 0 Å². The Morgan fingerprint density at radius 1 is 1.17 bits per heavy atom. The zero-order valence-electron chi connectivity index (χ0n) is 13.7. The highest BCUT2D eigenvalue weighted by Crippen LogP contribution is 2.21. The largest absolute Gasteiger partial charge is 0.366 e. The van der Waals surface area contributed by atoms with Crippen LogP contribution in [0.3, 0.4) is 0 Å². The van der Waals surface area contributed by atoms with Crippen LogP contribution >= 0.6 is 0 Å². The zero-order chi connectivity index (χ0) is 16.2. The second-order valence-corrected chi connectivity index (χ2v) is 6.34. The fourth-order valence-corrected chi connectivity index (χ4v) is 2.79. The molecule has 4 nitrogen and oxygen atoms in total. The van der Waals surface area contributed by atoms with Gasteiger partial charge in [-0.2, -0.15) is 4.98 Å². The van der Waals surface area contributed by atoms with Crippen LogP contribution in [0.25, 0.3) is 0 Å². The Hall–Kier alpha value is -2.17. The van der Waals surface area contributed by atoms with Crippen molar-refractivity contribution in [3.8, 4) is 0 Å². The van der Waals surface area contributed by atoms with Crippen molar-refractivity contribution in [2.24, 2.45) is 5.92 Å². The molecule has 0 bridgehead atoms. The summed E-state index contributed by atoms with van der Waals surface area (Å²) in [4.78, 5) is 11.5. The zero-order valence-corrected chi connectivity index (χ0v) is 13.7. The van der Waals surface area contributed by atoms with Crippen molar-refractivity contribution < 1.29 is 4.39 Å². The number of hydrogen-bond donors (Lipinski definition) is 1. The van der Waals surface area contributed by atoms with E-state index in [1.807, 2.05) is 13.0 Å². The molecule has 0 atom stereocenters. The van der Waals surface area contributed by atoms with E-state index in [-0.39, 0.29) is 5.82 Å². The van der Waals surface area contributed by atoms with E-state index >= 15 is 0 Å².